The highest BCUT2D eigenvalue weighted by atomic mass is 32.2. The highest BCUT2D eigenvalue weighted by molar-refractivity contribution is 7.98. The van der Waals surface area contributed by atoms with Crippen LogP contribution in [0.25, 0.3) is 0 Å². The molecule has 0 heterocycles. The molecule has 0 aliphatic rings. The van der Waals surface area contributed by atoms with Crippen LogP contribution in [0, 0.1) is 11.8 Å². The van der Waals surface area contributed by atoms with Crippen molar-refractivity contribution in [2.75, 3.05) is 25.7 Å². The minimum absolute atomic E-state index is 0.00866. The summed E-state index contributed by atoms with van der Waals surface area (Å²) in [6.45, 7) is 13.2. The van der Waals surface area contributed by atoms with Gasteiger partial charge in [0.2, 0.25) is 29.5 Å². The number of carbonyl (C=O) groups is 7. The first-order valence-electron chi connectivity index (χ1n) is 17.4. The first kappa shape index (κ1) is 45.7. The van der Waals surface area contributed by atoms with Crippen LogP contribution in [0.15, 0.2) is 30.3 Å². The van der Waals surface area contributed by atoms with Crippen LogP contribution in [-0.2, 0) is 44.7 Å². The van der Waals surface area contributed by atoms with Crippen LogP contribution in [0.4, 0.5) is 4.79 Å². The normalized spacial score (nSPS) is 14.2. The summed E-state index contributed by atoms with van der Waals surface area (Å²) in [6, 6.07) is 3.80. The third-order valence-corrected chi connectivity index (χ3v) is 8.13. The maximum atomic E-state index is 13.6. The van der Waals surface area contributed by atoms with Crippen LogP contribution >= 0.6 is 11.8 Å². The Bertz CT molecular complexity index is 1350. The lowest BCUT2D eigenvalue weighted by Gasteiger charge is -2.27. The lowest BCUT2D eigenvalue weighted by molar-refractivity contribution is -0.145. The topological polar surface area (TPSA) is 210 Å². The molecule has 5 unspecified atom stereocenters. The average molecular weight is 751 g/mol. The largest absolute Gasteiger partial charge is 0.467 e. The Morgan fingerprint density at radius 1 is 0.750 bits per heavy atom. The molecular formula is C36H58N6O9S. The lowest BCUT2D eigenvalue weighted by Crippen LogP contribution is -2.58. The Kier molecular flexibility index (Phi) is 19.8. The number of esters is 1. The molecule has 0 radical (unpaired) electrons. The zero-order chi connectivity index (χ0) is 39.6. The van der Waals surface area contributed by atoms with Gasteiger partial charge in [-0.25, -0.2) is 9.59 Å². The standard InChI is InChI=1S/C36H58N6O9S/c1-21(2)18-26(31(45)40-25(16-17-52-10)34(48)50-9)39-28(43)20-37-33(47)29(22(3)4)42-32(46)27(19-24-14-12-11-13-15-24)41-30(44)23(5)38-35(49)51-36(6,7)8/h11-15,21-23,25-27,29H,16-20H2,1-10H3,(H,37,47)(H,38,49)(H,39,43)(H,40,45)(H,41,44)(H,42,46). The quantitative estimate of drug-likeness (QED) is 0.107. The van der Waals surface area contributed by atoms with Gasteiger partial charge in [-0.05, 0) is 69.9 Å². The zero-order valence-electron chi connectivity index (χ0n) is 32.0. The number of benzene rings is 1. The number of hydrogen-bond acceptors (Lipinski definition) is 10. The van der Waals surface area contributed by atoms with E-state index in [-0.39, 0.29) is 18.8 Å². The number of carbonyl (C=O) groups excluding carboxylic acids is 7. The predicted octanol–water partition coefficient (Wildman–Crippen LogP) is 1.83. The van der Waals surface area contributed by atoms with Crippen LogP contribution in [0.1, 0.15) is 73.8 Å². The fourth-order valence-electron chi connectivity index (χ4n) is 4.82. The van der Waals surface area contributed by atoms with Crippen molar-refractivity contribution in [2.24, 2.45) is 11.8 Å². The Hall–Kier alpha value is -4.34. The fourth-order valence-corrected chi connectivity index (χ4v) is 5.29. The molecule has 0 saturated heterocycles. The highest BCUT2D eigenvalue weighted by Gasteiger charge is 2.32. The van der Waals surface area contributed by atoms with Gasteiger partial charge in [0, 0.05) is 6.42 Å². The third-order valence-electron chi connectivity index (χ3n) is 7.48. The average Bonchev–Trinajstić information content (AvgIpc) is 3.05. The Morgan fingerprint density at radius 3 is 1.88 bits per heavy atom. The van der Waals surface area contributed by atoms with Gasteiger partial charge < -0.3 is 41.4 Å². The van der Waals surface area contributed by atoms with E-state index in [9.17, 15) is 33.6 Å². The van der Waals surface area contributed by atoms with Gasteiger partial charge in [0.05, 0.1) is 13.7 Å². The molecule has 15 nitrogen and oxygen atoms in total. The van der Waals surface area contributed by atoms with Gasteiger partial charge in [0.1, 0.15) is 35.8 Å². The van der Waals surface area contributed by atoms with Gasteiger partial charge in [0.25, 0.3) is 0 Å². The molecular weight excluding hydrogens is 692 g/mol. The summed E-state index contributed by atoms with van der Waals surface area (Å²) in [7, 11) is 1.23. The Balaban J connectivity index is 3.03. The van der Waals surface area contributed by atoms with Gasteiger partial charge in [-0.1, -0.05) is 58.0 Å². The third kappa shape index (κ3) is 17.7. The first-order valence-corrected chi connectivity index (χ1v) is 18.8. The molecule has 0 fully saturated rings. The Morgan fingerprint density at radius 2 is 1.35 bits per heavy atom. The van der Waals surface area contributed by atoms with E-state index >= 15 is 0 Å². The first-order chi connectivity index (χ1) is 24.3. The van der Waals surface area contributed by atoms with Gasteiger partial charge in [-0.3, -0.25) is 24.0 Å². The van der Waals surface area contributed by atoms with E-state index in [0.29, 0.717) is 12.2 Å². The van der Waals surface area contributed by atoms with Crippen molar-refractivity contribution in [1.82, 2.24) is 31.9 Å². The summed E-state index contributed by atoms with van der Waals surface area (Å²) < 4.78 is 10.0. The summed E-state index contributed by atoms with van der Waals surface area (Å²) in [6.07, 6.45) is 1.77. The van der Waals surface area contributed by atoms with Gasteiger partial charge in [-0.2, -0.15) is 11.8 Å². The lowest BCUT2D eigenvalue weighted by atomic mass is 10.0. The minimum atomic E-state index is -1.13. The smallest absolute Gasteiger partial charge is 0.408 e. The van der Waals surface area contributed by atoms with Crippen LogP contribution in [0.5, 0.6) is 0 Å². The van der Waals surface area contributed by atoms with Gasteiger partial charge >= 0.3 is 12.1 Å². The summed E-state index contributed by atoms with van der Waals surface area (Å²) in [5.74, 6) is -3.58. The number of thioether (sulfide) groups is 1. The number of ether oxygens (including phenoxy) is 2. The van der Waals surface area contributed by atoms with Gasteiger partial charge in [0.15, 0.2) is 0 Å². The summed E-state index contributed by atoms with van der Waals surface area (Å²) in [4.78, 5) is 90.7. The molecule has 1 rings (SSSR count). The molecule has 0 aromatic heterocycles. The minimum Gasteiger partial charge on any atom is -0.467 e. The van der Waals surface area contributed by atoms with Crippen molar-refractivity contribution in [3.05, 3.63) is 35.9 Å². The van der Waals surface area contributed by atoms with E-state index in [2.05, 4.69) is 31.9 Å². The van der Waals surface area contributed by atoms with Crippen LogP contribution in [-0.4, -0.2) is 103 Å². The Labute approximate surface area is 311 Å². The molecule has 292 valence electrons. The van der Waals surface area contributed by atoms with Crippen molar-refractivity contribution >= 4 is 53.4 Å². The highest BCUT2D eigenvalue weighted by Crippen LogP contribution is 2.10. The number of rotatable bonds is 20. The van der Waals surface area contributed by atoms with E-state index in [1.807, 2.05) is 26.2 Å². The summed E-state index contributed by atoms with van der Waals surface area (Å²) in [5, 5.41) is 15.6. The molecule has 0 saturated carbocycles. The second kappa shape index (κ2) is 22.6. The van der Waals surface area contributed by atoms with Crippen molar-refractivity contribution in [3.63, 3.8) is 0 Å². The molecule has 52 heavy (non-hydrogen) atoms. The van der Waals surface area contributed by atoms with Gasteiger partial charge in [-0.15, -0.1) is 0 Å². The van der Waals surface area contributed by atoms with Crippen LogP contribution < -0.4 is 31.9 Å². The number of hydrogen-bond donors (Lipinski definition) is 6. The van der Waals surface area contributed by atoms with Crippen LogP contribution in [0.2, 0.25) is 0 Å². The zero-order valence-corrected chi connectivity index (χ0v) is 32.9. The molecule has 6 N–H and O–H groups in total. The molecule has 1 aromatic rings. The SMILES string of the molecule is COC(=O)C(CCSC)NC(=O)C(CC(C)C)NC(=O)CNC(=O)C(NC(=O)C(Cc1ccccc1)NC(=O)C(C)NC(=O)OC(C)(C)C)C(C)C. The van der Waals surface area contributed by atoms with Crippen molar-refractivity contribution < 1.29 is 43.0 Å². The van der Waals surface area contributed by atoms with Crippen LogP contribution in [0.3, 0.4) is 0 Å². The van der Waals surface area contributed by atoms with Crippen molar-refractivity contribution in [3.8, 4) is 0 Å². The number of nitrogens with one attached hydrogen (secondary N) is 6. The summed E-state index contributed by atoms with van der Waals surface area (Å²) in [5.41, 5.74) is -0.0454. The number of amides is 6. The van der Waals surface area contributed by atoms with Crippen molar-refractivity contribution in [2.45, 2.75) is 110 Å². The monoisotopic (exact) mass is 750 g/mol. The molecule has 0 bridgehead atoms. The molecule has 0 spiro atoms. The molecule has 0 aliphatic carbocycles. The number of alkyl carbamates (subject to hydrolysis) is 1. The second-order valence-corrected chi connectivity index (χ2v) is 15.2. The van der Waals surface area contributed by atoms with E-state index < -0.39 is 89.9 Å². The molecule has 0 aliphatic heterocycles. The molecule has 16 heteroatoms. The van der Waals surface area contributed by atoms with E-state index in [1.54, 1.807) is 58.9 Å². The van der Waals surface area contributed by atoms with E-state index in [1.165, 1.54) is 25.8 Å². The molecule has 1 aromatic carbocycles. The number of methoxy groups -OCH3 is 1. The fraction of sp³-hybridized carbons (Fsp3) is 0.639. The molecule has 6 amide bonds. The van der Waals surface area contributed by atoms with E-state index in [0.717, 1.165) is 5.56 Å². The summed E-state index contributed by atoms with van der Waals surface area (Å²) >= 11 is 1.51. The maximum absolute atomic E-state index is 13.6. The van der Waals surface area contributed by atoms with Crippen molar-refractivity contribution in [1.29, 1.82) is 0 Å². The van der Waals surface area contributed by atoms with E-state index in [4.69, 9.17) is 9.47 Å². The predicted molar refractivity (Wildman–Crippen MR) is 199 cm³/mol. The maximum Gasteiger partial charge on any atom is 0.408 e. The molecule has 5 atom stereocenters. The second-order valence-electron chi connectivity index (χ2n) is 14.2.